The van der Waals surface area contributed by atoms with Crippen molar-refractivity contribution in [3.8, 4) is 0 Å². The number of nitrogens with one attached hydrogen (secondary N) is 2. The average molecular weight is 296 g/mol. The minimum Gasteiger partial charge on any atom is -0.355 e. The molecule has 0 unspecified atom stereocenters. The summed E-state index contributed by atoms with van der Waals surface area (Å²) in [5.74, 6) is 1.40. The molecule has 0 bridgehead atoms. The van der Waals surface area contributed by atoms with Gasteiger partial charge in [0.15, 0.2) is 11.3 Å². The molecule has 0 amide bonds. The number of hydrogen-bond donors (Lipinski definition) is 2. The molecule has 1 fully saturated rings. The van der Waals surface area contributed by atoms with Crippen LogP contribution in [0.2, 0.25) is 0 Å². The van der Waals surface area contributed by atoms with Crippen LogP contribution in [-0.2, 0) is 6.54 Å². The van der Waals surface area contributed by atoms with Gasteiger partial charge in [0.1, 0.15) is 0 Å². The molecule has 4 heterocycles. The molecule has 3 aromatic rings. The summed E-state index contributed by atoms with van der Waals surface area (Å²) in [5.41, 5.74) is 2.25. The molecule has 0 aromatic carbocycles. The zero-order valence-corrected chi connectivity index (χ0v) is 12.0. The van der Waals surface area contributed by atoms with Crippen LogP contribution in [0.25, 0.3) is 11.2 Å². The minimum atomic E-state index is 0.550. The number of pyridine rings is 1. The van der Waals surface area contributed by atoms with Crippen molar-refractivity contribution in [3.05, 3.63) is 30.1 Å². The number of anilines is 2. The van der Waals surface area contributed by atoms with E-state index >= 15 is 0 Å². The quantitative estimate of drug-likeness (QED) is 0.750. The Kier molecular flexibility index (Phi) is 3.26. The second-order valence-electron chi connectivity index (χ2n) is 5.24. The molecule has 112 valence electrons. The molecule has 1 aliphatic rings. The van der Waals surface area contributed by atoms with Gasteiger partial charge in [-0.2, -0.15) is 20.3 Å². The number of aromatic amines is 1. The summed E-state index contributed by atoms with van der Waals surface area (Å²) in [6.07, 6.45) is 4.13. The Balaban J connectivity index is 1.63. The monoisotopic (exact) mass is 296 g/mol. The lowest BCUT2D eigenvalue weighted by atomic mass is 10.3. The van der Waals surface area contributed by atoms with Gasteiger partial charge in [0, 0.05) is 19.3 Å². The van der Waals surface area contributed by atoms with Crippen molar-refractivity contribution in [2.75, 3.05) is 23.3 Å². The molecule has 4 rings (SSSR count). The largest absolute Gasteiger partial charge is 0.355 e. The molecule has 2 N–H and O–H groups in total. The molecule has 0 aliphatic carbocycles. The number of H-pyrrole nitrogens is 1. The van der Waals surface area contributed by atoms with E-state index in [0.29, 0.717) is 18.1 Å². The van der Waals surface area contributed by atoms with E-state index in [4.69, 9.17) is 0 Å². The van der Waals surface area contributed by atoms with Crippen LogP contribution in [-0.4, -0.2) is 43.5 Å². The summed E-state index contributed by atoms with van der Waals surface area (Å²) in [6, 6.07) is 5.82. The van der Waals surface area contributed by atoms with Gasteiger partial charge in [0.2, 0.25) is 11.6 Å². The summed E-state index contributed by atoms with van der Waals surface area (Å²) in [7, 11) is 0. The van der Waals surface area contributed by atoms with Gasteiger partial charge < -0.3 is 10.2 Å². The van der Waals surface area contributed by atoms with Gasteiger partial charge in [-0.05, 0) is 25.0 Å². The fourth-order valence-electron chi connectivity index (χ4n) is 2.63. The summed E-state index contributed by atoms with van der Waals surface area (Å²) < 4.78 is 0. The molecule has 0 radical (unpaired) electrons. The zero-order valence-electron chi connectivity index (χ0n) is 12.0. The zero-order chi connectivity index (χ0) is 14.8. The summed E-state index contributed by atoms with van der Waals surface area (Å²) in [5, 5.41) is 14.1. The van der Waals surface area contributed by atoms with E-state index in [0.717, 1.165) is 30.1 Å². The maximum Gasteiger partial charge on any atom is 0.227 e. The molecular weight excluding hydrogens is 280 g/mol. The Labute approximate surface area is 127 Å². The first-order chi connectivity index (χ1) is 10.9. The lowest BCUT2D eigenvalue weighted by molar-refractivity contribution is 0.926. The highest BCUT2D eigenvalue weighted by atomic mass is 15.4. The first-order valence-electron chi connectivity index (χ1n) is 7.37. The number of nitrogens with zero attached hydrogens (tertiary/aromatic N) is 6. The van der Waals surface area contributed by atoms with Crippen molar-refractivity contribution in [1.29, 1.82) is 0 Å². The van der Waals surface area contributed by atoms with Crippen molar-refractivity contribution in [2.45, 2.75) is 19.4 Å². The highest BCUT2D eigenvalue weighted by Gasteiger charge is 2.20. The third kappa shape index (κ3) is 2.43. The molecule has 0 atom stereocenters. The van der Waals surface area contributed by atoms with E-state index < -0.39 is 0 Å². The maximum absolute atomic E-state index is 4.62. The summed E-state index contributed by atoms with van der Waals surface area (Å²) in [4.78, 5) is 15.5. The lowest BCUT2D eigenvalue weighted by Crippen LogP contribution is -2.20. The predicted molar refractivity (Wildman–Crippen MR) is 82.5 cm³/mol. The number of hydrogen-bond acceptors (Lipinski definition) is 7. The predicted octanol–water partition coefficient (Wildman–Crippen LogP) is 1.36. The fourth-order valence-corrected chi connectivity index (χ4v) is 2.63. The molecule has 8 heteroatoms. The number of fused-ring (bicyclic) bond motifs is 1. The van der Waals surface area contributed by atoms with Crippen LogP contribution >= 0.6 is 0 Å². The van der Waals surface area contributed by atoms with Gasteiger partial charge in [0.05, 0.1) is 12.2 Å². The third-order valence-electron chi connectivity index (χ3n) is 3.72. The standard InChI is InChI=1S/C14H16N8/c1-2-6-15-10(5-1)9-16-14-17-12-11(19-21-20-12)13(18-14)22-7-3-4-8-22/h1-2,5-6H,3-4,7-9H2,(H2,16,17,18,19,20,21). The molecule has 3 aromatic heterocycles. The molecular formula is C14H16N8. The first kappa shape index (κ1) is 12.9. The Morgan fingerprint density at radius 1 is 1.14 bits per heavy atom. The Bertz CT molecular complexity index is 763. The van der Waals surface area contributed by atoms with Gasteiger partial charge in [-0.3, -0.25) is 4.98 Å². The van der Waals surface area contributed by atoms with Crippen molar-refractivity contribution in [3.63, 3.8) is 0 Å². The van der Waals surface area contributed by atoms with Crippen LogP contribution in [0.5, 0.6) is 0 Å². The van der Waals surface area contributed by atoms with Gasteiger partial charge in [0.25, 0.3) is 0 Å². The second-order valence-corrected chi connectivity index (χ2v) is 5.24. The number of rotatable bonds is 4. The summed E-state index contributed by atoms with van der Waals surface area (Å²) >= 11 is 0. The highest BCUT2D eigenvalue weighted by Crippen LogP contribution is 2.25. The van der Waals surface area contributed by atoms with E-state index in [9.17, 15) is 0 Å². The van der Waals surface area contributed by atoms with Gasteiger partial charge in [-0.1, -0.05) is 6.07 Å². The smallest absolute Gasteiger partial charge is 0.227 e. The molecule has 22 heavy (non-hydrogen) atoms. The van der Waals surface area contributed by atoms with E-state index in [1.807, 2.05) is 18.2 Å². The van der Waals surface area contributed by atoms with Crippen molar-refractivity contribution in [2.24, 2.45) is 0 Å². The van der Waals surface area contributed by atoms with Crippen LogP contribution in [0.3, 0.4) is 0 Å². The first-order valence-corrected chi connectivity index (χ1v) is 7.37. The van der Waals surface area contributed by atoms with Gasteiger partial charge in [-0.25, -0.2) is 0 Å². The fraction of sp³-hybridized carbons (Fsp3) is 0.357. The van der Waals surface area contributed by atoms with Crippen molar-refractivity contribution < 1.29 is 0 Å². The van der Waals surface area contributed by atoms with E-state index in [1.54, 1.807) is 6.20 Å². The molecule has 0 saturated carbocycles. The molecule has 0 spiro atoms. The summed E-state index contributed by atoms with van der Waals surface area (Å²) in [6.45, 7) is 2.57. The van der Waals surface area contributed by atoms with Crippen molar-refractivity contribution in [1.82, 2.24) is 30.4 Å². The topological polar surface area (TPSA) is 95.5 Å². The average Bonchev–Trinajstić information content (AvgIpc) is 3.24. The molecule has 1 saturated heterocycles. The van der Waals surface area contributed by atoms with Gasteiger partial charge in [-0.15, -0.1) is 5.10 Å². The third-order valence-corrected chi connectivity index (χ3v) is 3.72. The SMILES string of the molecule is c1ccc(CNc2nc(N3CCCC3)c3n[nH]nc3n2)nc1. The normalized spacial score (nSPS) is 14.6. The van der Waals surface area contributed by atoms with Crippen LogP contribution in [0, 0.1) is 0 Å². The van der Waals surface area contributed by atoms with E-state index in [2.05, 4.69) is 40.6 Å². The van der Waals surface area contributed by atoms with Crippen LogP contribution in [0.4, 0.5) is 11.8 Å². The van der Waals surface area contributed by atoms with Crippen LogP contribution < -0.4 is 10.2 Å². The minimum absolute atomic E-state index is 0.550. The molecule has 1 aliphatic heterocycles. The lowest BCUT2D eigenvalue weighted by Gasteiger charge is -2.17. The van der Waals surface area contributed by atoms with Crippen LogP contribution in [0.1, 0.15) is 18.5 Å². The van der Waals surface area contributed by atoms with E-state index in [-0.39, 0.29) is 0 Å². The Morgan fingerprint density at radius 3 is 2.86 bits per heavy atom. The second kappa shape index (κ2) is 5.55. The van der Waals surface area contributed by atoms with E-state index in [1.165, 1.54) is 12.8 Å². The number of aromatic nitrogens is 6. The Hall–Kier alpha value is -2.77. The van der Waals surface area contributed by atoms with Crippen LogP contribution in [0.15, 0.2) is 24.4 Å². The highest BCUT2D eigenvalue weighted by molar-refractivity contribution is 5.83. The van der Waals surface area contributed by atoms with Crippen molar-refractivity contribution >= 4 is 22.9 Å². The Morgan fingerprint density at radius 2 is 2.05 bits per heavy atom. The van der Waals surface area contributed by atoms with Gasteiger partial charge >= 0.3 is 0 Å². The molecule has 8 nitrogen and oxygen atoms in total. The maximum atomic E-state index is 4.62.